The first-order valence-corrected chi connectivity index (χ1v) is 7.65. The van der Waals surface area contributed by atoms with E-state index in [0.29, 0.717) is 6.61 Å². The van der Waals surface area contributed by atoms with E-state index in [2.05, 4.69) is 0 Å². The van der Waals surface area contributed by atoms with Gasteiger partial charge in [-0.2, -0.15) is 8.42 Å². The molecule has 1 aliphatic heterocycles. The molecule has 0 spiro atoms. The van der Waals surface area contributed by atoms with Crippen molar-refractivity contribution in [2.45, 2.75) is 30.3 Å². The minimum Gasteiger partial charge on any atom is -0.376 e. The highest BCUT2D eigenvalue weighted by molar-refractivity contribution is 7.86. The number of hydrogen-bond donors (Lipinski definition) is 0. The molecule has 0 aliphatic carbocycles. The molecule has 7 nitrogen and oxygen atoms in total. The molecule has 0 aromatic heterocycles. The molecule has 0 unspecified atom stereocenters. The Kier molecular flexibility index (Phi) is 4.69. The minimum atomic E-state index is -4.00. The third kappa shape index (κ3) is 3.75. The highest BCUT2D eigenvalue weighted by Gasteiger charge is 2.22. The van der Waals surface area contributed by atoms with Crippen LogP contribution in [0, 0.1) is 10.1 Å². The van der Waals surface area contributed by atoms with Crippen LogP contribution in [-0.4, -0.2) is 32.7 Å². The van der Waals surface area contributed by atoms with Crippen molar-refractivity contribution in [2.75, 3.05) is 13.2 Å². The van der Waals surface area contributed by atoms with Gasteiger partial charge in [0.2, 0.25) is 0 Å². The predicted molar refractivity (Wildman–Crippen MR) is 69.8 cm³/mol. The van der Waals surface area contributed by atoms with Crippen LogP contribution in [0.5, 0.6) is 0 Å². The maximum absolute atomic E-state index is 11.9. The first kappa shape index (κ1) is 14.9. The summed E-state index contributed by atoms with van der Waals surface area (Å²) < 4.78 is 34.2. The number of nitrogens with zero attached hydrogens (tertiary/aromatic N) is 1. The zero-order chi connectivity index (χ0) is 14.6. The summed E-state index contributed by atoms with van der Waals surface area (Å²) in [7, 11) is -4.00. The minimum absolute atomic E-state index is 0.0645. The van der Waals surface area contributed by atoms with E-state index in [1.165, 1.54) is 18.2 Å². The van der Waals surface area contributed by atoms with Gasteiger partial charge in [-0.05, 0) is 25.3 Å². The quantitative estimate of drug-likeness (QED) is 0.468. The predicted octanol–water partition coefficient (Wildman–Crippen LogP) is 1.87. The molecule has 1 atom stereocenters. The van der Waals surface area contributed by atoms with Gasteiger partial charge in [0, 0.05) is 18.7 Å². The number of rotatable bonds is 5. The Labute approximate surface area is 116 Å². The average Bonchev–Trinajstić information content (AvgIpc) is 2.46. The number of nitro benzene ring substituents is 1. The maximum atomic E-state index is 11.9. The molecular formula is C12H15NO6S. The fourth-order valence-electron chi connectivity index (χ4n) is 1.92. The highest BCUT2D eigenvalue weighted by Crippen LogP contribution is 2.20. The smallest absolute Gasteiger partial charge is 0.297 e. The van der Waals surface area contributed by atoms with Crippen molar-refractivity contribution in [2.24, 2.45) is 0 Å². The topological polar surface area (TPSA) is 95.7 Å². The van der Waals surface area contributed by atoms with Gasteiger partial charge in [-0.1, -0.05) is 6.07 Å². The van der Waals surface area contributed by atoms with E-state index in [1.807, 2.05) is 0 Å². The Hall–Kier alpha value is -1.51. The van der Waals surface area contributed by atoms with Crippen molar-refractivity contribution in [1.82, 2.24) is 0 Å². The Morgan fingerprint density at radius 2 is 2.20 bits per heavy atom. The fourth-order valence-corrected chi connectivity index (χ4v) is 2.90. The van der Waals surface area contributed by atoms with Crippen LogP contribution in [-0.2, 0) is 19.0 Å². The molecule has 1 aromatic rings. The Balaban J connectivity index is 2.05. The van der Waals surface area contributed by atoms with E-state index in [0.717, 1.165) is 25.3 Å². The highest BCUT2D eigenvalue weighted by atomic mass is 32.2. The number of non-ortho nitro benzene ring substituents is 1. The summed E-state index contributed by atoms with van der Waals surface area (Å²) in [5.74, 6) is 0. The molecule has 0 bridgehead atoms. The summed E-state index contributed by atoms with van der Waals surface area (Å²) in [6, 6.07) is 4.79. The SMILES string of the molecule is O=[N+]([O-])c1cccc(S(=O)(=O)OC[C@@H]2CCCCO2)c1. The second kappa shape index (κ2) is 6.29. The molecule has 2 rings (SSSR count). The van der Waals surface area contributed by atoms with Gasteiger partial charge >= 0.3 is 0 Å². The van der Waals surface area contributed by atoms with Crippen LogP contribution in [0.25, 0.3) is 0 Å². The Bertz CT molecular complexity index is 579. The summed E-state index contributed by atoms with van der Waals surface area (Å²) in [5.41, 5.74) is -0.288. The fraction of sp³-hybridized carbons (Fsp3) is 0.500. The second-order valence-electron chi connectivity index (χ2n) is 4.48. The van der Waals surface area contributed by atoms with Crippen LogP contribution < -0.4 is 0 Å². The largest absolute Gasteiger partial charge is 0.376 e. The van der Waals surface area contributed by atoms with Gasteiger partial charge in [-0.15, -0.1) is 0 Å². The van der Waals surface area contributed by atoms with Crippen molar-refractivity contribution in [3.8, 4) is 0 Å². The van der Waals surface area contributed by atoms with Gasteiger partial charge in [0.15, 0.2) is 0 Å². The summed E-state index contributed by atoms with van der Waals surface area (Å²) >= 11 is 0. The van der Waals surface area contributed by atoms with Crippen LogP contribution in [0.2, 0.25) is 0 Å². The van der Waals surface area contributed by atoms with E-state index in [4.69, 9.17) is 8.92 Å². The van der Waals surface area contributed by atoms with Gasteiger partial charge in [0.25, 0.3) is 15.8 Å². The van der Waals surface area contributed by atoms with Crippen molar-refractivity contribution >= 4 is 15.8 Å². The van der Waals surface area contributed by atoms with E-state index >= 15 is 0 Å². The average molecular weight is 301 g/mol. The van der Waals surface area contributed by atoms with Crippen LogP contribution in [0.4, 0.5) is 5.69 Å². The molecule has 1 aromatic carbocycles. The van der Waals surface area contributed by atoms with Crippen molar-refractivity contribution in [1.29, 1.82) is 0 Å². The zero-order valence-corrected chi connectivity index (χ0v) is 11.5. The van der Waals surface area contributed by atoms with E-state index in [1.54, 1.807) is 0 Å². The number of ether oxygens (including phenoxy) is 1. The summed E-state index contributed by atoms with van der Waals surface area (Å²) in [6.07, 6.45) is 2.46. The van der Waals surface area contributed by atoms with Gasteiger partial charge in [0.1, 0.15) is 4.90 Å². The van der Waals surface area contributed by atoms with Crippen molar-refractivity contribution in [3.63, 3.8) is 0 Å². The third-order valence-corrected chi connectivity index (χ3v) is 4.28. The van der Waals surface area contributed by atoms with E-state index in [-0.39, 0.29) is 23.3 Å². The normalized spacial score (nSPS) is 19.7. The lowest BCUT2D eigenvalue weighted by Gasteiger charge is -2.21. The lowest BCUT2D eigenvalue weighted by molar-refractivity contribution is -0.385. The lowest BCUT2D eigenvalue weighted by Crippen LogP contribution is -2.26. The molecule has 1 heterocycles. The van der Waals surface area contributed by atoms with Crippen LogP contribution in [0.3, 0.4) is 0 Å². The molecule has 0 amide bonds. The molecule has 0 saturated carbocycles. The van der Waals surface area contributed by atoms with Gasteiger partial charge in [-0.25, -0.2) is 0 Å². The second-order valence-corrected chi connectivity index (χ2v) is 6.10. The lowest BCUT2D eigenvalue weighted by atomic mass is 10.1. The van der Waals surface area contributed by atoms with Crippen molar-refractivity contribution in [3.05, 3.63) is 34.4 Å². The van der Waals surface area contributed by atoms with Crippen LogP contribution in [0.1, 0.15) is 19.3 Å². The molecule has 1 saturated heterocycles. The van der Waals surface area contributed by atoms with Crippen molar-refractivity contribution < 1.29 is 22.3 Å². The summed E-state index contributed by atoms with van der Waals surface area (Å²) in [4.78, 5) is 9.77. The molecule has 0 N–H and O–H groups in total. The monoisotopic (exact) mass is 301 g/mol. The van der Waals surface area contributed by atoms with Gasteiger partial charge in [0.05, 0.1) is 17.6 Å². The Morgan fingerprint density at radius 1 is 1.40 bits per heavy atom. The third-order valence-electron chi connectivity index (χ3n) is 3.00. The molecule has 8 heteroatoms. The van der Waals surface area contributed by atoms with E-state index < -0.39 is 15.0 Å². The molecule has 110 valence electrons. The number of benzene rings is 1. The van der Waals surface area contributed by atoms with Crippen LogP contribution in [0.15, 0.2) is 29.2 Å². The first-order chi connectivity index (χ1) is 9.49. The summed E-state index contributed by atoms with van der Waals surface area (Å²) in [6.45, 7) is 0.538. The number of hydrogen-bond acceptors (Lipinski definition) is 6. The molecule has 1 fully saturated rings. The van der Waals surface area contributed by atoms with Gasteiger partial charge in [-0.3, -0.25) is 14.3 Å². The maximum Gasteiger partial charge on any atom is 0.297 e. The standard InChI is InChI=1S/C12H15NO6S/c14-13(15)10-4-3-6-12(8-10)20(16,17)19-9-11-5-1-2-7-18-11/h3-4,6,8,11H,1-2,5,7,9H2/t11-/m0/s1. The molecular weight excluding hydrogens is 286 g/mol. The molecule has 20 heavy (non-hydrogen) atoms. The summed E-state index contributed by atoms with van der Waals surface area (Å²) in [5, 5.41) is 10.6. The van der Waals surface area contributed by atoms with Crippen LogP contribution >= 0.6 is 0 Å². The number of nitro groups is 1. The Morgan fingerprint density at radius 3 is 2.85 bits per heavy atom. The molecule has 1 aliphatic rings. The first-order valence-electron chi connectivity index (χ1n) is 6.24. The van der Waals surface area contributed by atoms with Gasteiger partial charge < -0.3 is 4.74 Å². The zero-order valence-electron chi connectivity index (χ0n) is 10.7. The molecule has 0 radical (unpaired) electrons. The van der Waals surface area contributed by atoms with E-state index in [9.17, 15) is 18.5 Å².